The maximum absolute atomic E-state index is 12.5. The van der Waals surface area contributed by atoms with Crippen LogP contribution in [0.5, 0.6) is 11.5 Å². The van der Waals surface area contributed by atoms with Crippen LogP contribution in [0.25, 0.3) is 6.08 Å². The van der Waals surface area contributed by atoms with E-state index in [1.54, 1.807) is 32.4 Å². The number of hydrogen-bond donors (Lipinski definition) is 1. The minimum Gasteiger partial charge on any atom is -0.497 e. The number of amides is 1. The number of allylic oxidation sites excluding steroid dienone is 1. The van der Waals surface area contributed by atoms with Crippen molar-refractivity contribution < 1.29 is 19.1 Å². The van der Waals surface area contributed by atoms with Gasteiger partial charge in [0.2, 0.25) is 6.10 Å². The van der Waals surface area contributed by atoms with Crippen LogP contribution < -0.4 is 14.8 Å². The fraction of sp³-hybridized carbons (Fsp3) is 0.200. The second kappa shape index (κ2) is 8.20. The first-order valence-corrected chi connectivity index (χ1v) is 8.18. The molecule has 1 unspecified atom stereocenters. The summed E-state index contributed by atoms with van der Waals surface area (Å²) >= 11 is 0. The van der Waals surface area contributed by atoms with E-state index in [0.717, 1.165) is 5.56 Å². The van der Waals surface area contributed by atoms with Gasteiger partial charge in [0.25, 0.3) is 5.91 Å². The molecular weight excluding hydrogens is 332 g/mol. The Hall–Kier alpha value is -3.28. The maximum Gasteiger partial charge on any atom is 0.268 e. The van der Waals surface area contributed by atoms with E-state index in [-0.39, 0.29) is 5.91 Å². The summed E-state index contributed by atoms with van der Waals surface area (Å²) in [6.45, 7) is 0. The highest BCUT2D eigenvalue weighted by molar-refractivity contribution is 6.04. The first kappa shape index (κ1) is 17.5. The number of nitrogens with one attached hydrogen (secondary N) is 1. The number of benzene rings is 2. The van der Waals surface area contributed by atoms with Crippen LogP contribution in [-0.2, 0) is 9.63 Å². The Labute approximate surface area is 152 Å². The van der Waals surface area contributed by atoms with Gasteiger partial charge in [-0.25, -0.2) is 0 Å². The average molecular weight is 352 g/mol. The van der Waals surface area contributed by atoms with Gasteiger partial charge < -0.3 is 19.6 Å². The highest BCUT2D eigenvalue weighted by Gasteiger charge is 2.27. The van der Waals surface area contributed by atoms with Crippen molar-refractivity contribution in [2.24, 2.45) is 5.16 Å². The monoisotopic (exact) mass is 352 g/mol. The largest absolute Gasteiger partial charge is 0.497 e. The molecule has 1 amide bonds. The fourth-order valence-corrected chi connectivity index (χ4v) is 2.52. The third kappa shape index (κ3) is 4.22. The van der Waals surface area contributed by atoms with Gasteiger partial charge in [0, 0.05) is 12.5 Å². The van der Waals surface area contributed by atoms with E-state index in [1.165, 1.54) is 0 Å². The number of rotatable bonds is 6. The van der Waals surface area contributed by atoms with Gasteiger partial charge in [-0.05, 0) is 23.8 Å². The van der Waals surface area contributed by atoms with E-state index in [9.17, 15) is 4.79 Å². The van der Waals surface area contributed by atoms with Crippen LogP contribution in [0, 0.1) is 0 Å². The molecule has 0 aromatic heterocycles. The Kier molecular flexibility index (Phi) is 5.53. The molecule has 0 bridgehead atoms. The van der Waals surface area contributed by atoms with E-state index in [2.05, 4.69) is 10.5 Å². The van der Waals surface area contributed by atoms with Gasteiger partial charge in [0.15, 0.2) is 0 Å². The molecule has 0 saturated carbocycles. The molecule has 0 aliphatic carbocycles. The Morgan fingerprint density at radius 1 is 1.15 bits per heavy atom. The second-order valence-electron chi connectivity index (χ2n) is 5.68. The minimum atomic E-state index is -0.679. The standard InChI is InChI=1S/C20H20N2O4/c1-24-16-10-11-18(25-2)17(13-16)21-20(23)19-12-15(22-26-19)9-8-14-6-4-3-5-7-14/h3-11,13,19H,12H2,1-2H3,(H,21,23). The predicted molar refractivity (Wildman–Crippen MR) is 101 cm³/mol. The lowest BCUT2D eigenvalue weighted by Crippen LogP contribution is -2.28. The highest BCUT2D eigenvalue weighted by atomic mass is 16.6. The molecule has 0 radical (unpaired) electrons. The molecular formula is C20H20N2O4. The molecule has 26 heavy (non-hydrogen) atoms. The Morgan fingerprint density at radius 3 is 2.69 bits per heavy atom. The number of carbonyl (C=O) groups is 1. The van der Waals surface area contributed by atoms with Crippen molar-refractivity contribution in [2.45, 2.75) is 12.5 Å². The summed E-state index contributed by atoms with van der Waals surface area (Å²) in [6, 6.07) is 15.1. The zero-order chi connectivity index (χ0) is 18.4. The number of nitrogens with zero attached hydrogens (tertiary/aromatic N) is 1. The van der Waals surface area contributed by atoms with E-state index in [0.29, 0.717) is 29.3 Å². The Morgan fingerprint density at radius 2 is 1.96 bits per heavy atom. The van der Waals surface area contributed by atoms with Crippen LogP contribution in [0.1, 0.15) is 12.0 Å². The highest BCUT2D eigenvalue weighted by Crippen LogP contribution is 2.29. The first-order chi connectivity index (χ1) is 12.7. The summed E-state index contributed by atoms with van der Waals surface area (Å²) in [5.41, 5.74) is 2.30. The third-order valence-corrected chi connectivity index (χ3v) is 3.92. The van der Waals surface area contributed by atoms with Crippen molar-refractivity contribution in [3.05, 3.63) is 60.2 Å². The van der Waals surface area contributed by atoms with E-state index >= 15 is 0 Å². The fourth-order valence-electron chi connectivity index (χ4n) is 2.52. The summed E-state index contributed by atoms with van der Waals surface area (Å²) in [5, 5.41) is 6.79. The molecule has 2 aromatic rings. The smallest absolute Gasteiger partial charge is 0.268 e. The predicted octanol–water partition coefficient (Wildman–Crippen LogP) is 3.50. The molecule has 2 aromatic carbocycles. The molecule has 1 aliphatic heterocycles. The Balaban J connectivity index is 1.61. The molecule has 6 heteroatoms. The second-order valence-corrected chi connectivity index (χ2v) is 5.68. The molecule has 0 spiro atoms. The topological polar surface area (TPSA) is 69.2 Å². The van der Waals surface area contributed by atoms with Crippen LogP contribution in [-0.4, -0.2) is 31.9 Å². The van der Waals surface area contributed by atoms with Crippen LogP contribution in [0.15, 0.2) is 59.8 Å². The van der Waals surface area contributed by atoms with Gasteiger partial charge in [-0.15, -0.1) is 0 Å². The van der Waals surface area contributed by atoms with Crippen molar-refractivity contribution in [3.63, 3.8) is 0 Å². The van der Waals surface area contributed by atoms with Gasteiger partial charge in [0.05, 0.1) is 25.6 Å². The SMILES string of the molecule is COc1ccc(OC)c(NC(=O)C2CC(C=Cc3ccccc3)=NO2)c1. The van der Waals surface area contributed by atoms with Crippen molar-refractivity contribution in [1.29, 1.82) is 0 Å². The van der Waals surface area contributed by atoms with Crippen LogP contribution in [0.4, 0.5) is 5.69 Å². The summed E-state index contributed by atoms with van der Waals surface area (Å²) in [5.74, 6) is 0.877. The van der Waals surface area contributed by atoms with E-state index in [1.807, 2.05) is 42.5 Å². The number of carbonyl (C=O) groups excluding carboxylic acids is 1. The normalized spacial score (nSPS) is 16.1. The van der Waals surface area contributed by atoms with Crippen LogP contribution in [0.3, 0.4) is 0 Å². The molecule has 134 valence electrons. The minimum absolute atomic E-state index is 0.289. The van der Waals surface area contributed by atoms with Gasteiger partial charge in [-0.3, -0.25) is 4.79 Å². The van der Waals surface area contributed by atoms with E-state index < -0.39 is 6.10 Å². The maximum atomic E-state index is 12.5. The zero-order valence-corrected chi connectivity index (χ0v) is 14.6. The molecule has 0 saturated heterocycles. The van der Waals surface area contributed by atoms with Crippen LogP contribution >= 0.6 is 0 Å². The number of hydrogen-bond acceptors (Lipinski definition) is 5. The van der Waals surface area contributed by atoms with E-state index in [4.69, 9.17) is 14.3 Å². The molecule has 1 N–H and O–H groups in total. The van der Waals surface area contributed by atoms with Crippen LogP contribution in [0.2, 0.25) is 0 Å². The summed E-state index contributed by atoms with van der Waals surface area (Å²) in [7, 11) is 3.10. The van der Waals surface area contributed by atoms with Gasteiger partial charge in [-0.1, -0.05) is 41.6 Å². The average Bonchev–Trinajstić information content (AvgIpc) is 3.16. The molecule has 6 nitrogen and oxygen atoms in total. The number of anilines is 1. The molecule has 0 fully saturated rings. The Bertz CT molecular complexity index is 831. The van der Waals surface area contributed by atoms with Crippen molar-refractivity contribution in [2.75, 3.05) is 19.5 Å². The van der Waals surface area contributed by atoms with Gasteiger partial charge in [0.1, 0.15) is 11.5 Å². The summed E-state index contributed by atoms with van der Waals surface area (Å²) in [4.78, 5) is 17.7. The molecule has 1 aliphatic rings. The van der Waals surface area contributed by atoms with Crippen molar-refractivity contribution >= 4 is 23.4 Å². The lowest BCUT2D eigenvalue weighted by atomic mass is 10.1. The van der Waals surface area contributed by atoms with Gasteiger partial charge in [-0.2, -0.15) is 0 Å². The summed E-state index contributed by atoms with van der Waals surface area (Å²) < 4.78 is 10.4. The number of methoxy groups -OCH3 is 2. The zero-order valence-electron chi connectivity index (χ0n) is 14.6. The van der Waals surface area contributed by atoms with Gasteiger partial charge >= 0.3 is 0 Å². The number of ether oxygens (including phenoxy) is 2. The first-order valence-electron chi connectivity index (χ1n) is 8.18. The third-order valence-electron chi connectivity index (χ3n) is 3.92. The lowest BCUT2D eigenvalue weighted by Gasteiger charge is -2.13. The number of oxime groups is 1. The van der Waals surface area contributed by atoms with Crippen molar-refractivity contribution in [3.8, 4) is 11.5 Å². The molecule has 3 rings (SSSR count). The summed E-state index contributed by atoms with van der Waals surface area (Å²) in [6.07, 6.45) is 3.52. The van der Waals surface area contributed by atoms with Crippen molar-refractivity contribution in [1.82, 2.24) is 0 Å². The molecule has 1 heterocycles. The quantitative estimate of drug-likeness (QED) is 0.864. The molecule has 1 atom stereocenters. The lowest BCUT2D eigenvalue weighted by molar-refractivity contribution is -0.125.